The maximum atomic E-state index is 11.7. The van der Waals surface area contributed by atoms with E-state index in [1.54, 1.807) is 6.07 Å². The van der Waals surface area contributed by atoms with E-state index < -0.39 is 0 Å². The summed E-state index contributed by atoms with van der Waals surface area (Å²) in [7, 11) is 0. The number of anilines is 1. The number of benzene rings is 1. The zero-order valence-corrected chi connectivity index (χ0v) is 12.4. The van der Waals surface area contributed by atoms with Gasteiger partial charge in [0.15, 0.2) is 0 Å². The number of hydrogen-bond donors (Lipinski definition) is 2. The molecule has 1 atom stereocenters. The maximum Gasteiger partial charge on any atom is 0.259 e. The monoisotopic (exact) mass is 293 g/mol. The first-order chi connectivity index (χ1) is 9.65. The van der Waals surface area contributed by atoms with Crippen LogP contribution in [0, 0.1) is 5.92 Å². The van der Waals surface area contributed by atoms with Crippen LogP contribution in [-0.4, -0.2) is 18.2 Å². The Bertz CT molecular complexity index is 502. The van der Waals surface area contributed by atoms with Crippen molar-refractivity contribution in [2.24, 2.45) is 11.0 Å². The van der Waals surface area contributed by atoms with Gasteiger partial charge in [0.1, 0.15) is 0 Å². The van der Waals surface area contributed by atoms with Crippen LogP contribution in [0.5, 0.6) is 0 Å². The SMILES string of the molecule is C[C@H]1CCC/C(=N/NC(=O)CNc2ccccc2Cl)C1. The lowest BCUT2D eigenvalue weighted by Gasteiger charge is -2.19. The minimum Gasteiger partial charge on any atom is -0.375 e. The van der Waals surface area contributed by atoms with E-state index in [0.29, 0.717) is 10.9 Å². The number of rotatable bonds is 4. The molecule has 1 aromatic rings. The normalized spacial score (nSPS) is 20.7. The number of hydrazone groups is 1. The molecule has 1 aliphatic rings. The number of hydrogen-bond acceptors (Lipinski definition) is 3. The van der Waals surface area contributed by atoms with Crippen LogP contribution in [0.15, 0.2) is 29.4 Å². The predicted molar refractivity (Wildman–Crippen MR) is 83.2 cm³/mol. The molecule has 1 amide bonds. The van der Waals surface area contributed by atoms with Gasteiger partial charge in [0.05, 0.1) is 17.3 Å². The van der Waals surface area contributed by atoms with Gasteiger partial charge in [0.2, 0.25) is 0 Å². The summed E-state index contributed by atoms with van der Waals surface area (Å²) in [6.45, 7) is 2.38. The van der Waals surface area contributed by atoms with Crippen molar-refractivity contribution in [3.63, 3.8) is 0 Å². The Hall–Kier alpha value is -1.55. The Kier molecular flexibility index (Phi) is 5.41. The van der Waals surface area contributed by atoms with Crippen LogP contribution < -0.4 is 10.7 Å². The van der Waals surface area contributed by atoms with Crippen molar-refractivity contribution in [1.82, 2.24) is 5.43 Å². The van der Waals surface area contributed by atoms with Crippen LogP contribution in [0.25, 0.3) is 0 Å². The molecule has 0 spiro atoms. The topological polar surface area (TPSA) is 53.5 Å². The minimum atomic E-state index is -0.157. The Morgan fingerprint density at radius 3 is 3.00 bits per heavy atom. The molecule has 2 N–H and O–H groups in total. The van der Waals surface area contributed by atoms with Gasteiger partial charge < -0.3 is 5.32 Å². The fourth-order valence-corrected chi connectivity index (χ4v) is 2.53. The second-order valence-corrected chi connectivity index (χ2v) is 5.66. The molecule has 0 unspecified atom stereocenters. The average Bonchev–Trinajstić information content (AvgIpc) is 2.44. The lowest BCUT2D eigenvalue weighted by atomic mass is 9.89. The summed E-state index contributed by atoms with van der Waals surface area (Å²) in [6.07, 6.45) is 4.38. The lowest BCUT2D eigenvalue weighted by Crippen LogP contribution is -2.28. The molecule has 5 heteroatoms. The maximum absolute atomic E-state index is 11.7. The first-order valence-corrected chi connectivity index (χ1v) is 7.35. The van der Waals surface area contributed by atoms with Crippen molar-refractivity contribution in [3.05, 3.63) is 29.3 Å². The second-order valence-electron chi connectivity index (χ2n) is 5.25. The van der Waals surface area contributed by atoms with E-state index in [1.807, 2.05) is 18.2 Å². The molecule has 1 saturated carbocycles. The Morgan fingerprint density at radius 1 is 1.45 bits per heavy atom. The summed E-state index contributed by atoms with van der Waals surface area (Å²) in [5, 5.41) is 7.81. The molecule has 1 aromatic carbocycles. The molecular formula is C15H20ClN3O. The smallest absolute Gasteiger partial charge is 0.259 e. The summed E-state index contributed by atoms with van der Waals surface area (Å²) < 4.78 is 0. The fraction of sp³-hybridized carbons (Fsp3) is 0.467. The number of carbonyl (C=O) groups excluding carboxylic acids is 1. The predicted octanol–water partition coefficient (Wildman–Crippen LogP) is 3.43. The largest absolute Gasteiger partial charge is 0.375 e. The highest BCUT2D eigenvalue weighted by molar-refractivity contribution is 6.33. The van der Waals surface area contributed by atoms with E-state index in [9.17, 15) is 4.79 Å². The van der Waals surface area contributed by atoms with Gasteiger partial charge in [-0.05, 0) is 43.7 Å². The van der Waals surface area contributed by atoms with Gasteiger partial charge in [-0.25, -0.2) is 5.43 Å². The molecule has 0 bridgehead atoms. The molecule has 0 aromatic heterocycles. The number of carbonyl (C=O) groups is 1. The van der Waals surface area contributed by atoms with Crippen LogP contribution in [0.4, 0.5) is 5.69 Å². The Balaban J connectivity index is 1.78. The number of nitrogens with zero attached hydrogens (tertiary/aromatic N) is 1. The second kappa shape index (κ2) is 7.29. The molecular weight excluding hydrogens is 274 g/mol. The number of amides is 1. The van der Waals surface area contributed by atoms with E-state index in [2.05, 4.69) is 22.8 Å². The van der Waals surface area contributed by atoms with Gasteiger partial charge >= 0.3 is 0 Å². The van der Waals surface area contributed by atoms with Crippen LogP contribution in [-0.2, 0) is 4.79 Å². The summed E-state index contributed by atoms with van der Waals surface area (Å²) in [5.74, 6) is 0.510. The van der Waals surface area contributed by atoms with Gasteiger partial charge in [0.25, 0.3) is 5.91 Å². The molecule has 0 saturated heterocycles. The zero-order valence-electron chi connectivity index (χ0n) is 11.7. The number of halogens is 1. The third-order valence-corrected chi connectivity index (χ3v) is 3.73. The molecule has 0 heterocycles. The first-order valence-electron chi connectivity index (χ1n) is 6.98. The first kappa shape index (κ1) is 14.9. The summed E-state index contributed by atoms with van der Waals surface area (Å²) in [5.41, 5.74) is 4.45. The van der Waals surface area contributed by atoms with Crippen molar-refractivity contribution in [2.45, 2.75) is 32.6 Å². The standard InChI is InChI=1S/C15H20ClN3O/c1-11-5-4-6-12(9-11)18-19-15(20)10-17-14-8-3-2-7-13(14)16/h2-3,7-8,11,17H,4-6,9-10H2,1H3,(H,19,20)/b18-12-/t11-/m0/s1. The van der Waals surface area contributed by atoms with Crippen LogP contribution in [0.1, 0.15) is 32.6 Å². The highest BCUT2D eigenvalue weighted by atomic mass is 35.5. The van der Waals surface area contributed by atoms with Crippen molar-refractivity contribution in [1.29, 1.82) is 0 Å². The third-order valence-electron chi connectivity index (χ3n) is 3.40. The Morgan fingerprint density at radius 2 is 2.25 bits per heavy atom. The van der Waals surface area contributed by atoms with E-state index in [-0.39, 0.29) is 12.5 Å². The van der Waals surface area contributed by atoms with Crippen LogP contribution in [0.3, 0.4) is 0 Å². The number of para-hydroxylation sites is 1. The summed E-state index contributed by atoms with van der Waals surface area (Å²) in [4.78, 5) is 11.7. The highest BCUT2D eigenvalue weighted by Crippen LogP contribution is 2.21. The third kappa shape index (κ3) is 4.53. The van der Waals surface area contributed by atoms with Gasteiger partial charge in [0, 0.05) is 5.71 Å². The van der Waals surface area contributed by atoms with E-state index >= 15 is 0 Å². The van der Waals surface area contributed by atoms with Crippen molar-refractivity contribution in [2.75, 3.05) is 11.9 Å². The van der Waals surface area contributed by atoms with E-state index in [0.717, 1.165) is 30.7 Å². The van der Waals surface area contributed by atoms with Crippen LogP contribution >= 0.6 is 11.6 Å². The quantitative estimate of drug-likeness (QED) is 0.836. The molecule has 0 radical (unpaired) electrons. The summed E-state index contributed by atoms with van der Waals surface area (Å²) in [6, 6.07) is 7.34. The van der Waals surface area contributed by atoms with Crippen LogP contribution in [0.2, 0.25) is 5.02 Å². The van der Waals surface area contributed by atoms with E-state index in [1.165, 1.54) is 6.42 Å². The fourth-order valence-electron chi connectivity index (χ4n) is 2.32. The minimum absolute atomic E-state index is 0.157. The molecule has 1 aliphatic carbocycles. The summed E-state index contributed by atoms with van der Waals surface area (Å²) >= 11 is 6.00. The lowest BCUT2D eigenvalue weighted by molar-refractivity contribution is -0.119. The van der Waals surface area contributed by atoms with Gasteiger partial charge in [-0.15, -0.1) is 0 Å². The van der Waals surface area contributed by atoms with Crippen molar-refractivity contribution >= 4 is 28.9 Å². The molecule has 20 heavy (non-hydrogen) atoms. The molecule has 108 valence electrons. The zero-order chi connectivity index (χ0) is 14.4. The van der Waals surface area contributed by atoms with Crippen molar-refractivity contribution in [3.8, 4) is 0 Å². The van der Waals surface area contributed by atoms with Gasteiger partial charge in [-0.2, -0.15) is 5.10 Å². The Labute approximate surface area is 124 Å². The number of nitrogens with one attached hydrogen (secondary N) is 2. The molecule has 0 aliphatic heterocycles. The van der Waals surface area contributed by atoms with Gasteiger partial charge in [-0.1, -0.05) is 30.7 Å². The van der Waals surface area contributed by atoms with E-state index in [4.69, 9.17) is 11.6 Å². The van der Waals surface area contributed by atoms with Gasteiger partial charge in [-0.3, -0.25) is 4.79 Å². The van der Waals surface area contributed by atoms with Crippen molar-refractivity contribution < 1.29 is 4.79 Å². The highest BCUT2D eigenvalue weighted by Gasteiger charge is 2.14. The molecule has 1 fully saturated rings. The average molecular weight is 294 g/mol. The molecule has 4 nitrogen and oxygen atoms in total. The molecule has 2 rings (SSSR count).